The maximum atomic E-state index is 6.75. The number of aromatic nitrogens is 1. The lowest BCUT2D eigenvalue weighted by Crippen LogP contribution is -2.48. The largest absolute Gasteiger partial charge is 0.361 e. The van der Waals surface area contributed by atoms with E-state index < -0.39 is 0 Å². The van der Waals surface area contributed by atoms with Crippen LogP contribution in [0.2, 0.25) is 0 Å². The summed E-state index contributed by atoms with van der Waals surface area (Å²) in [6.07, 6.45) is 4.85. The Morgan fingerprint density at radius 1 is 1.46 bits per heavy atom. The normalized spacial score (nSPS) is 33.1. The second kappa shape index (κ2) is 6.15. The molecule has 124 valence electrons. The summed E-state index contributed by atoms with van der Waals surface area (Å²) in [6.45, 7) is 18.3. The van der Waals surface area contributed by atoms with E-state index in [1.165, 1.54) is 10.9 Å². The van der Waals surface area contributed by atoms with Gasteiger partial charge in [0.1, 0.15) is 0 Å². The molecule has 2 nitrogen and oxygen atoms in total. The summed E-state index contributed by atoms with van der Waals surface area (Å²) in [7, 11) is 0. The van der Waals surface area contributed by atoms with Crippen molar-refractivity contribution >= 4 is 22.5 Å². The van der Waals surface area contributed by atoms with Crippen LogP contribution in [0.25, 0.3) is 15.7 Å². The van der Waals surface area contributed by atoms with Gasteiger partial charge in [-0.3, -0.25) is 0 Å². The topological polar surface area (TPSA) is 20.1 Å². The lowest BCUT2D eigenvalue weighted by Gasteiger charge is -2.43. The minimum Gasteiger partial charge on any atom is -0.361 e. The molecule has 2 aromatic rings. The van der Waals surface area contributed by atoms with Gasteiger partial charge in [0.05, 0.1) is 16.7 Å². The van der Waals surface area contributed by atoms with Crippen molar-refractivity contribution in [2.75, 3.05) is 0 Å². The number of allylic oxidation sites excluding steroid dienone is 1. The zero-order valence-corrected chi connectivity index (χ0v) is 15.1. The molecule has 5 atom stereocenters. The first kappa shape index (κ1) is 16.9. The average molecular weight is 340 g/mol. The molecule has 1 aliphatic rings. The van der Waals surface area contributed by atoms with Crippen LogP contribution >= 0.6 is 11.6 Å². The Balaban J connectivity index is 2.21. The van der Waals surface area contributed by atoms with Gasteiger partial charge in [0.15, 0.2) is 0 Å². The van der Waals surface area contributed by atoms with Crippen molar-refractivity contribution in [3.63, 3.8) is 0 Å². The molecule has 1 N–H and O–H groups in total. The molecule has 0 spiro atoms. The summed E-state index contributed by atoms with van der Waals surface area (Å²) in [5.41, 5.74) is 3.12. The van der Waals surface area contributed by atoms with Crippen molar-refractivity contribution in [3.05, 3.63) is 65.7 Å². The van der Waals surface area contributed by atoms with Crippen LogP contribution in [0.15, 0.2) is 55.3 Å². The van der Waals surface area contributed by atoms with E-state index in [1.54, 1.807) is 0 Å². The average Bonchev–Trinajstić information content (AvgIpc) is 3.00. The quantitative estimate of drug-likeness (QED) is 0.524. The minimum absolute atomic E-state index is 0.0737. The molecule has 0 aliphatic heterocycles. The highest BCUT2D eigenvalue weighted by Crippen LogP contribution is 2.54. The van der Waals surface area contributed by atoms with Gasteiger partial charge in [0.2, 0.25) is 0 Å². The Morgan fingerprint density at radius 3 is 2.79 bits per heavy atom. The van der Waals surface area contributed by atoms with Gasteiger partial charge < -0.3 is 4.98 Å². The summed E-state index contributed by atoms with van der Waals surface area (Å²) < 4.78 is 0. The van der Waals surface area contributed by atoms with E-state index in [9.17, 15) is 0 Å². The molecule has 0 saturated heterocycles. The van der Waals surface area contributed by atoms with Gasteiger partial charge in [-0.25, -0.2) is 0 Å². The van der Waals surface area contributed by atoms with Crippen molar-refractivity contribution in [2.24, 2.45) is 11.3 Å². The predicted molar refractivity (Wildman–Crippen MR) is 104 cm³/mol. The van der Waals surface area contributed by atoms with Gasteiger partial charge in [0.25, 0.3) is 12.6 Å². The second-order valence-corrected chi connectivity index (χ2v) is 7.66. The number of aromatic amines is 1. The van der Waals surface area contributed by atoms with Crippen LogP contribution in [-0.2, 0) is 0 Å². The number of alkyl halides is 1. The van der Waals surface area contributed by atoms with E-state index in [-0.39, 0.29) is 28.7 Å². The molecular weight excluding hydrogens is 316 g/mol. The number of benzene rings is 1. The zero-order valence-electron chi connectivity index (χ0n) is 14.3. The second-order valence-electron chi connectivity index (χ2n) is 7.14. The van der Waals surface area contributed by atoms with Crippen LogP contribution in [0.5, 0.6) is 0 Å². The third-order valence-corrected chi connectivity index (χ3v) is 6.41. The van der Waals surface area contributed by atoms with Gasteiger partial charge in [-0.1, -0.05) is 41.3 Å². The van der Waals surface area contributed by atoms with E-state index >= 15 is 0 Å². The molecule has 3 heteroatoms. The number of H-pyrrole nitrogens is 1. The molecule has 1 aromatic carbocycles. The molecule has 1 aromatic heterocycles. The SMILES string of the molecule is C#[N+][C@@H]1C(c2c[nH]c3ccccc23)[C@@H](C(=C)C)C[C@@H](Cl)[C@@]1(C)C=C. The fraction of sp³-hybridized carbons (Fsp3) is 0.381. The summed E-state index contributed by atoms with van der Waals surface area (Å²) in [6, 6.07) is 8.18. The molecule has 1 saturated carbocycles. The van der Waals surface area contributed by atoms with Crippen molar-refractivity contribution in [2.45, 2.75) is 37.6 Å². The zero-order chi connectivity index (χ0) is 17.5. The lowest BCUT2D eigenvalue weighted by atomic mass is 9.59. The van der Waals surface area contributed by atoms with Crippen LogP contribution in [0, 0.1) is 17.9 Å². The monoisotopic (exact) mass is 339 g/mol. The van der Waals surface area contributed by atoms with Gasteiger partial charge in [-0.2, -0.15) is 0 Å². The lowest BCUT2D eigenvalue weighted by molar-refractivity contribution is 0.203. The third kappa shape index (κ3) is 2.39. The Morgan fingerprint density at radius 2 is 2.17 bits per heavy atom. The third-order valence-electron chi connectivity index (χ3n) is 5.76. The van der Waals surface area contributed by atoms with E-state index in [2.05, 4.69) is 61.2 Å². The van der Waals surface area contributed by atoms with Gasteiger partial charge in [0, 0.05) is 17.1 Å². The van der Waals surface area contributed by atoms with Crippen LogP contribution in [0.3, 0.4) is 0 Å². The maximum absolute atomic E-state index is 6.75. The molecular formula is C21H24ClN2+. The summed E-state index contributed by atoms with van der Waals surface area (Å²) in [5.74, 6) is 0.360. The van der Waals surface area contributed by atoms with Gasteiger partial charge >= 0.3 is 0 Å². The van der Waals surface area contributed by atoms with Gasteiger partial charge in [-0.05, 0) is 37.8 Å². The minimum atomic E-state index is -0.356. The van der Waals surface area contributed by atoms with Crippen molar-refractivity contribution in [1.82, 2.24) is 4.98 Å². The molecule has 1 aliphatic carbocycles. The fourth-order valence-electron chi connectivity index (χ4n) is 4.18. The Kier molecular flexibility index (Phi) is 4.32. The Labute approximate surface area is 149 Å². The van der Waals surface area contributed by atoms with Crippen LogP contribution in [0.4, 0.5) is 0 Å². The molecule has 0 bridgehead atoms. The summed E-state index contributed by atoms with van der Waals surface area (Å²) in [4.78, 5) is 7.66. The number of nitrogens with one attached hydrogen (secondary N) is 1. The van der Waals surface area contributed by atoms with Crippen LogP contribution in [0.1, 0.15) is 31.7 Å². The first-order valence-electron chi connectivity index (χ1n) is 8.33. The van der Waals surface area contributed by atoms with E-state index in [1.807, 2.05) is 12.1 Å². The highest BCUT2D eigenvalue weighted by molar-refractivity contribution is 6.21. The number of rotatable bonds is 3. The van der Waals surface area contributed by atoms with Crippen molar-refractivity contribution in [1.29, 1.82) is 0 Å². The predicted octanol–water partition coefficient (Wildman–Crippen LogP) is 5.98. The summed E-state index contributed by atoms with van der Waals surface area (Å²) in [5, 5.41) is 1.14. The Bertz CT molecular complexity index is 828. The number of fused-ring (bicyclic) bond motifs is 1. The number of para-hydroxylation sites is 1. The van der Waals surface area contributed by atoms with E-state index in [0.29, 0.717) is 0 Å². The smallest absolute Gasteiger partial charge is 0.289 e. The molecule has 3 rings (SSSR count). The van der Waals surface area contributed by atoms with E-state index in [4.69, 9.17) is 18.2 Å². The summed E-state index contributed by atoms with van der Waals surface area (Å²) >= 11 is 6.75. The first-order valence-corrected chi connectivity index (χ1v) is 8.76. The van der Waals surface area contributed by atoms with Crippen molar-refractivity contribution < 1.29 is 0 Å². The number of nitrogens with zero attached hydrogens (tertiary/aromatic N) is 1. The molecule has 1 fully saturated rings. The van der Waals surface area contributed by atoms with Crippen molar-refractivity contribution in [3.8, 4) is 6.57 Å². The van der Waals surface area contributed by atoms with E-state index in [0.717, 1.165) is 17.5 Å². The highest BCUT2D eigenvalue weighted by Gasteiger charge is 2.57. The fourth-order valence-corrected chi connectivity index (χ4v) is 4.59. The molecule has 1 heterocycles. The first-order chi connectivity index (χ1) is 11.4. The number of hydrogen-bond acceptors (Lipinski definition) is 0. The highest BCUT2D eigenvalue weighted by atomic mass is 35.5. The maximum Gasteiger partial charge on any atom is 0.289 e. The molecule has 0 radical (unpaired) electrons. The Hall–Kier alpha value is -1.98. The van der Waals surface area contributed by atoms with Crippen LogP contribution in [-0.4, -0.2) is 16.4 Å². The molecule has 0 amide bonds. The standard InChI is InChI=1S/C21H24ClN2/c1-6-21(4)18(22)11-15(13(2)3)19(20(21)23-5)16-12-24-17-10-8-7-9-14(16)17/h5-10,12,15,18-20,24H,1-2,11H2,3-4H3/q+1/t15-,18-,19?,20-,21-/m1/s1. The molecule has 1 unspecified atom stereocenters. The number of halogens is 1. The van der Waals surface area contributed by atoms with Crippen LogP contribution < -0.4 is 0 Å². The van der Waals surface area contributed by atoms with Gasteiger partial charge in [-0.15, -0.1) is 18.2 Å². The molecule has 24 heavy (non-hydrogen) atoms. The number of hydrogen-bond donors (Lipinski definition) is 1.